The largest absolute Gasteiger partial charge is 0.336 e. The topological polar surface area (TPSA) is 47.6 Å². The van der Waals surface area contributed by atoms with Crippen molar-refractivity contribution in [1.29, 1.82) is 0 Å². The molecule has 5 heteroatoms. The Hall–Kier alpha value is -0.810. The predicted octanol–water partition coefficient (Wildman–Crippen LogP) is -0.0586. The number of rotatable bonds is 4. The van der Waals surface area contributed by atoms with Gasteiger partial charge in [0.1, 0.15) is 0 Å². The van der Waals surface area contributed by atoms with Gasteiger partial charge in [-0.1, -0.05) is 6.92 Å². The number of carbonyl (C=O) groups is 1. The van der Waals surface area contributed by atoms with Crippen molar-refractivity contribution in [3.05, 3.63) is 0 Å². The molecule has 5 nitrogen and oxygen atoms in total. The maximum Gasteiger partial charge on any atom is 0.317 e. The zero-order chi connectivity index (χ0) is 12.3. The van der Waals surface area contributed by atoms with Gasteiger partial charge in [-0.15, -0.1) is 0 Å². The molecule has 0 aromatic carbocycles. The monoisotopic (exact) mass is 240 g/mol. The van der Waals surface area contributed by atoms with E-state index in [1.807, 2.05) is 4.90 Å². The molecule has 2 amide bonds. The Kier molecular flexibility index (Phi) is 4.23. The fourth-order valence-corrected chi connectivity index (χ4v) is 2.77. The SMILES string of the molecule is CC1CN(C)CCC1NCCN1CCNC1=O. The molecule has 0 bridgehead atoms. The molecule has 98 valence electrons. The third-order valence-electron chi connectivity index (χ3n) is 3.84. The van der Waals surface area contributed by atoms with E-state index in [2.05, 4.69) is 29.5 Å². The van der Waals surface area contributed by atoms with E-state index in [1.165, 1.54) is 19.5 Å². The van der Waals surface area contributed by atoms with Crippen LogP contribution in [-0.4, -0.2) is 68.2 Å². The maximum atomic E-state index is 11.3. The highest BCUT2D eigenvalue weighted by Gasteiger charge is 2.24. The van der Waals surface area contributed by atoms with E-state index in [0.717, 1.165) is 26.2 Å². The number of piperidine rings is 1. The number of likely N-dealkylation sites (tertiary alicyclic amines) is 1. The molecule has 17 heavy (non-hydrogen) atoms. The highest BCUT2D eigenvalue weighted by Crippen LogP contribution is 2.14. The van der Waals surface area contributed by atoms with Gasteiger partial charge in [0.25, 0.3) is 0 Å². The standard InChI is InChI=1S/C12H24N4O/c1-10-9-15(2)6-3-11(10)13-4-7-16-8-5-14-12(16)17/h10-11,13H,3-9H2,1-2H3,(H,14,17). The fourth-order valence-electron chi connectivity index (χ4n) is 2.77. The Balaban J connectivity index is 1.66. The molecular weight excluding hydrogens is 216 g/mol. The van der Waals surface area contributed by atoms with Gasteiger partial charge in [0, 0.05) is 38.8 Å². The first kappa shape index (κ1) is 12.6. The van der Waals surface area contributed by atoms with Crippen molar-refractivity contribution in [2.75, 3.05) is 46.3 Å². The normalized spacial score (nSPS) is 30.7. The van der Waals surface area contributed by atoms with Crippen molar-refractivity contribution >= 4 is 6.03 Å². The Morgan fingerprint density at radius 3 is 2.94 bits per heavy atom. The second-order valence-corrected chi connectivity index (χ2v) is 5.31. The number of carbonyl (C=O) groups excluding carboxylic acids is 1. The van der Waals surface area contributed by atoms with Crippen LogP contribution in [0.5, 0.6) is 0 Å². The molecule has 2 atom stereocenters. The van der Waals surface area contributed by atoms with Gasteiger partial charge in [-0.25, -0.2) is 4.79 Å². The van der Waals surface area contributed by atoms with Crippen LogP contribution in [0, 0.1) is 5.92 Å². The lowest BCUT2D eigenvalue weighted by Crippen LogP contribution is -2.48. The van der Waals surface area contributed by atoms with Crippen LogP contribution in [0.1, 0.15) is 13.3 Å². The van der Waals surface area contributed by atoms with E-state index in [0.29, 0.717) is 12.0 Å². The summed E-state index contributed by atoms with van der Waals surface area (Å²) in [5.74, 6) is 0.696. The number of nitrogens with one attached hydrogen (secondary N) is 2. The first-order valence-electron chi connectivity index (χ1n) is 6.61. The van der Waals surface area contributed by atoms with Crippen molar-refractivity contribution < 1.29 is 4.79 Å². The molecule has 2 saturated heterocycles. The minimum Gasteiger partial charge on any atom is -0.336 e. The first-order chi connectivity index (χ1) is 8.16. The predicted molar refractivity (Wildman–Crippen MR) is 68.0 cm³/mol. The van der Waals surface area contributed by atoms with Crippen LogP contribution in [-0.2, 0) is 0 Å². The molecule has 0 aromatic heterocycles. The lowest BCUT2D eigenvalue weighted by molar-refractivity contribution is 0.171. The fraction of sp³-hybridized carbons (Fsp3) is 0.917. The van der Waals surface area contributed by atoms with Crippen molar-refractivity contribution in [3.63, 3.8) is 0 Å². The second kappa shape index (κ2) is 5.69. The highest BCUT2D eigenvalue weighted by atomic mass is 16.2. The minimum absolute atomic E-state index is 0.0863. The smallest absolute Gasteiger partial charge is 0.317 e. The van der Waals surface area contributed by atoms with E-state index in [-0.39, 0.29) is 6.03 Å². The Morgan fingerprint density at radius 2 is 2.29 bits per heavy atom. The molecule has 2 N–H and O–H groups in total. The Morgan fingerprint density at radius 1 is 1.47 bits per heavy atom. The lowest BCUT2D eigenvalue weighted by atomic mass is 9.94. The zero-order valence-corrected chi connectivity index (χ0v) is 10.9. The van der Waals surface area contributed by atoms with Crippen molar-refractivity contribution in [3.8, 4) is 0 Å². The van der Waals surface area contributed by atoms with Crippen LogP contribution in [0.25, 0.3) is 0 Å². The van der Waals surface area contributed by atoms with Crippen LogP contribution in [0.4, 0.5) is 4.79 Å². The number of urea groups is 1. The molecule has 0 spiro atoms. The van der Waals surface area contributed by atoms with Crippen molar-refractivity contribution in [2.24, 2.45) is 5.92 Å². The summed E-state index contributed by atoms with van der Waals surface area (Å²) in [5, 5.41) is 6.42. The molecule has 2 heterocycles. The van der Waals surface area contributed by atoms with Crippen LogP contribution >= 0.6 is 0 Å². The number of hydrogen-bond acceptors (Lipinski definition) is 3. The molecule has 0 radical (unpaired) electrons. The van der Waals surface area contributed by atoms with Crippen LogP contribution < -0.4 is 10.6 Å². The molecule has 0 aliphatic carbocycles. The molecule has 2 fully saturated rings. The summed E-state index contributed by atoms with van der Waals surface area (Å²) in [7, 11) is 2.18. The van der Waals surface area contributed by atoms with Gasteiger partial charge in [-0.2, -0.15) is 0 Å². The van der Waals surface area contributed by atoms with Crippen LogP contribution in [0.15, 0.2) is 0 Å². The van der Waals surface area contributed by atoms with E-state index in [4.69, 9.17) is 0 Å². The van der Waals surface area contributed by atoms with E-state index >= 15 is 0 Å². The van der Waals surface area contributed by atoms with Gasteiger partial charge in [0.15, 0.2) is 0 Å². The van der Waals surface area contributed by atoms with Crippen LogP contribution in [0.3, 0.4) is 0 Å². The van der Waals surface area contributed by atoms with Gasteiger partial charge >= 0.3 is 6.03 Å². The average Bonchev–Trinajstić information content (AvgIpc) is 2.68. The third-order valence-corrected chi connectivity index (χ3v) is 3.84. The first-order valence-corrected chi connectivity index (χ1v) is 6.61. The maximum absolute atomic E-state index is 11.3. The van der Waals surface area contributed by atoms with Gasteiger partial charge in [0.2, 0.25) is 0 Å². The van der Waals surface area contributed by atoms with Crippen molar-refractivity contribution in [1.82, 2.24) is 20.4 Å². The number of hydrogen-bond donors (Lipinski definition) is 2. The number of amides is 2. The molecule has 0 saturated carbocycles. The summed E-state index contributed by atoms with van der Waals surface area (Å²) in [6.07, 6.45) is 1.21. The van der Waals surface area contributed by atoms with Gasteiger partial charge in [0.05, 0.1) is 0 Å². The van der Waals surface area contributed by atoms with Gasteiger partial charge in [-0.05, 0) is 25.9 Å². The second-order valence-electron chi connectivity index (χ2n) is 5.31. The zero-order valence-electron chi connectivity index (χ0n) is 10.9. The summed E-state index contributed by atoms with van der Waals surface area (Å²) in [6.45, 7) is 8.02. The molecular formula is C12H24N4O. The lowest BCUT2D eigenvalue weighted by Gasteiger charge is -2.35. The summed E-state index contributed by atoms with van der Waals surface area (Å²) in [5.41, 5.74) is 0. The van der Waals surface area contributed by atoms with Gasteiger partial charge < -0.3 is 20.4 Å². The van der Waals surface area contributed by atoms with Crippen LogP contribution in [0.2, 0.25) is 0 Å². The molecule has 2 unspecified atom stereocenters. The van der Waals surface area contributed by atoms with E-state index in [9.17, 15) is 4.79 Å². The summed E-state index contributed by atoms with van der Waals surface area (Å²) < 4.78 is 0. The summed E-state index contributed by atoms with van der Waals surface area (Å²) in [6, 6.07) is 0.695. The quantitative estimate of drug-likeness (QED) is 0.724. The summed E-state index contributed by atoms with van der Waals surface area (Å²) in [4.78, 5) is 15.6. The van der Waals surface area contributed by atoms with Gasteiger partial charge in [-0.3, -0.25) is 0 Å². The summed E-state index contributed by atoms with van der Waals surface area (Å²) >= 11 is 0. The number of nitrogens with zero attached hydrogens (tertiary/aromatic N) is 2. The van der Waals surface area contributed by atoms with E-state index < -0.39 is 0 Å². The molecule has 2 rings (SSSR count). The van der Waals surface area contributed by atoms with E-state index in [1.54, 1.807) is 0 Å². The Labute approximate surface area is 104 Å². The third kappa shape index (κ3) is 3.33. The molecule has 0 aromatic rings. The highest BCUT2D eigenvalue weighted by molar-refractivity contribution is 5.76. The minimum atomic E-state index is 0.0863. The average molecular weight is 240 g/mol. The molecule has 2 aliphatic heterocycles. The Bertz CT molecular complexity index is 271. The molecule has 2 aliphatic rings. The van der Waals surface area contributed by atoms with Crippen molar-refractivity contribution in [2.45, 2.75) is 19.4 Å².